The molecule has 1 aromatic rings. The highest BCUT2D eigenvalue weighted by Gasteiger charge is 2.27. The van der Waals surface area contributed by atoms with Gasteiger partial charge in [0.25, 0.3) is 0 Å². The number of amides is 2. The summed E-state index contributed by atoms with van der Waals surface area (Å²) in [7, 11) is 1.71. The molecule has 0 radical (unpaired) electrons. The fraction of sp³-hybridized carbons (Fsp3) is 0.733. The van der Waals surface area contributed by atoms with Crippen molar-refractivity contribution in [3.63, 3.8) is 0 Å². The molecule has 0 aromatic carbocycles. The summed E-state index contributed by atoms with van der Waals surface area (Å²) in [5, 5.41) is 3.17. The molecule has 1 fully saturated rings. The zero-order chi connectivity index (χ0) is 14.7. The summed E-state index contributed by atoms with van der Waals surface area (Å²) in [5.74, 6) is 1.26. The van der Waals surface area contributed by atoms with Crippen molar-refractivity contribution in [2.24, 2.45) is 5.92 Å². The normalized spacial score (nSPS) is 22.9. The number of nitrogens with one attached hydrogen (secondary N) is 1. The van der Waals surface area contributed by atoms with Gasteiger partial charge in [-0.05, 0) is 12.8 Å². The molecule has 0 spiro atoms. The maximum Gasteiger partial charge on any atom is 0.318 e. The number of carbonyl (C=O) groups excluding carboxylic acids is 1. The largest absolute Gasteiger partial charge is 0.384 e. The minimum absolute atomic E-state index is 0.0412. The van der Waals surface area contributed by atoms with Crippen LogP contribution in [0.15, 0.2) is 12.4 Å². The number of imidazole rings is 1. The lowest BCUT2D eigenvalue weighted by atomic mass is 10.1. The minimum atomic E-state index is 0.0412. The van der Waals surface area contributed by atoms with Crippen molar-refractivity contribution in [3.8, 4) is 0 Å². The van der Waals surface area contributed by atoms with Gasteiger partial charge in [-0.25, -0.2) is 9.78 Å². The summed E-state index contributed by atoms with van der Waals surface area (Å²) in [6.07, 6.45) is 8.45. The number of nitrogens with zero attached hydrogens (tertiary/aromatic N) is 3. The quantitative estimate of drug-likeness (QED) is 0.921. The van der Waals surface area contributed by atoms with Crippen LogP contribution in [0, 0.1) is 5.92 Å². The average molecular weight is 292 g/mol. The molecule has 0 bridgehead atoms. The van der Waals surface area contributed by atoms with E-state index < -0.39 is 0 Å². The fourth-order valence-corrected chi connectivity index (χ4v) is 3.37. The Morgan fingerprint density at radius 2 is 2.24 bits per heavy atom. The number of hydrogen-bond acceptors (Lipinski definition) is 3. The molecule has 21 heavy (non-hydrogen) atoms. The standard InChI is InChI=1S/C15H24N4O2/c1-21-11-12-8-18-7-6-16-14(18)10-19(9-12)15(20)17-13-4-2-3-5-13/h6-7,12-13H,2-5,8-11H2,1H3,(H,17,20)/t12-/m1/s1. The number of methoxy groups -OCH3 is 1. The van der Waals surface area contributed by atoms with E-state index in [9.17, 15) is 4.79 Å². The summed E-state index contributed by atoms with van der Waals surface area (Å²) >= 11 is 0. The van der Waals surface area contributed by atoms with E-state index in [0.717, 1.165) is 31.8 Å². The second kappa shape index (κ2) is 6.47. The van der Waals surface area contributed by atoms with Gasteiger partial charge in [-0.2, -0.15) is 0 Å². The third kappa shape index (κ3) is 3.37. The smallest absolute Gasteiger partial charge is 0.318 e. The number of hydrogen-bond donors (Lipinski definition) is 1. The second-order valence-corrected chi connectivity index (χ2v) is 6.13. The lowest BCUT2D eigenvalue weighted by Crippen LogP contribution is -2.45. The summed E-state index contributed by atoms with van der Waals surface area (Å²) in [6.45, 7) is 2.81. The van der Waals surface area contributed by atoms with Crippen LogP contribution in [-0.4, -0.2) is 46.8 Å². The Morgan fingerprint density at radius 3 is 3.00 bits per heavy atom. The molecule has 1 aromatic heterocycles. The van der Waals surface area contributed by atoms with Crippen LogP contribution < -0.4 is 5.32 Å². The van der Waals surface area contributed by atoms with Gasteiger partial charge in [-0.3, -0.25) is 0 Å². The Labute approximate surface area is 125 Å². The van der Waals surface area contributed by atoms with Crippen molar-refractivity contribution in [1.82, 2.24) is 19.8 Å². The number of urea groups is 1. The summed E-state index contributed by atoms with van der Waals surface area (Å²) in [4.78, 5) is 18.8. The molecule has 1 aliphatic heterocycles. The molecule has 0 saturated heterocycles. The zero-order valence-corrected chi connectivity index (χ0v) is 12.6. The molecule has 1 aliphatic carbocycles. The van der Waals surface area contributed by atoms with Gasteiger partial charge in [0.1, 0.15) is 5.82 Å². The fourth-order valence-electron chi connectivity index (χ4n) is 3.37. The molecule has 1 saturated carbocycles. The van der Waals surface area contributed by atoms with Crippen molar-refractivity contribution >= 4 is 6.03 Å². The third-order valence-corrected chi connectivity index (χ3v) is 4.44. The first-order valence-electron chi connectivity index (χ1n) is 7.80. The SMILES string of the molecule is COC[C@H]1CN(C(=O)NC2CCCC2)Cc2nccn2C1. The Morgan fingerprint density at radius 1 is 1.43 bits per heavy atom. The lowest BCUT2D eigenvalue weighted by molar-refractivity contribution is 0.121. The van der Waals surface area contributed by atoms with Crippen molar-refractivity contribution in [3.05, 3.63) is 18.2 Å². The molecule has 2 aliphatic rings. The van der Waals surface area contributed by atoms with Gasteiger partial charge in [-0.1, -0.05) is 12.8 Å². The Bertz CT molecular complexity index is 482. The number of rotatable bonds is 3. The van der Waals surface area contributed by atoms with Gasteiger partial charge < -0.3 is 19.5 Å². The van der Waals surface area contributed by atoms with E-state index in [0.29, 0.717) is 25.1 Å². The predicted octanol–water partition coefficient (Wildman–Crippen LogP) is 1.61. The zero-order valence-electron chi connectivity index (χ0n) is 12.6. The Kier molecular flexibility index (Phi) is 4.43. The number of aromatic nitrogens is 2. The average Bonchev–Trinajstić information content (AvgIpc) is 3.08. The van der Waals surface area contributed by atoms with E-state index in [1.54, 1.807) is 13.3 Å². The molecule has 2 heterocycles. The summed E-state index contributed by atoms with van der Waals surface area (Å²) < 4.78 is 7.43. The summed E-state index contributed by atoms with van der Waals surface area (Å²) in [5.41, 5.74) is 0. The van der Waals surface area contributed by atoms with Crippen LogP contribution in [0.5, 0.6) is 0 Å². The first-order valence-corrected chi connectivity index (χ1v) is 7.80. The van der Waals surface area contributed by atoms with Crippen LogP contribution in [0.3, 0.4) is 0 Å². The van der Waals surface area contributed by atoms with Gasteiger partial charge in [-0.15, -0.1) is 0 Å². The third-order valence-electron chi connectivity index (χ3n) is 4.44. The van der Waals surface area contributed by atoms with Crippen LogP contribution in [0.25, 0.3) is 0 Å². The van der Waals surface area contributed by atoms with Crippen LogP contribution >= 0.6 is 0 Å². The van der Waals surface area contributed by atoms with Crippen molar-refractivity contribution in [2.75, 3.05) is 20.3 Å². The van der Waals surface area contributed by atoms with E-state index in [4.69, 9.17) is 4.74 Å². The van der Waals surface area contributed by atoms with Gasteiger partial charge >= 0.3 is 6.03 Å². The molecule has 6 heteroatoms. The highest BCUT2D eigenvalue weighted by Crippen LogP contribution is 2.20. The maximum atomic E-state index is 12.5. The van der Waals surface area contributed by atoms with Crippen LogP contribution in [-0.2, 0) is 17.8 Å². The van der Waals surface area contributed by atoms with E-state index in [1.807, 2.05) is 11.1 Å². The number of ether oxygens (including phenoxy) is 1. The predicted molar refractivity (Wildman–Crippen MR) is 78.8 cm³/mol. The topological polar surface area (TPSA) is 59.4 Å². The number of carbonyl (C=O) groups is 1. The molecule has 1 N–H and O–H groups in total. The monoisotopic (exact) mass is 292 g/mol. The van der Waals surface area contributed by atoms with E-state index in [2.05, 4.69) is 14.9 Å². The maximum absolute atomic E-state index is 12.5. The first kappa shape index (κ1) is 14.4. The molecule has 0 unspecified atom stereocenters. The molecule has 6 nitrogen and oxygen atoms in total. The van der Waals surface area contributed by atoms with E-state index in [-0.39, 0.29) is 6.03 Å². The second-order valence-electron chi connectivity index (χ2n) is 6.13. The molecule has 3 rings (SSSR count). The van der Waals surface area contributed by atoms with Crippen LogP contribution in [0.4, 0.5) is 4.79 Å². The summed E-state index contributed by atoms with van der Waals surface area (Å²) in [6, 6.07) is 0.390. The van der Waals surface area contributed by atoms with Gasteiger partial charge in [0.15, 0.2) is 0 Å². The Balaban J connectivity index is 1.69. The highest BCUT2D eigenvalue weighted by atomic mass is 16.5. The number of fused-ring (bicyclic) bond motifs is 1. The molecular weight excluding hydrogens is 268 g/mol. The first-order chi connectivity index (χ1) is 10.3. The highest BCUT2D eigenvalue weighted by molar-refractivity contribution is 5.74. The van der Waals surface area contributed by atoms with Gasteiger partial charge in [0, 0.05) is 44.6 Å². The van der Waals surface area contributed by atoms with Gasteiger partial charge in [0.2, 0.25) is 0 Å². The van der Waals surface area contributed by atoms with Crippen LogP contribution in [0.1, 0.15) is 31.5 Å². The Hall–Kier alpha value is -1.56. The van der Waals surface area contributed by atoms with Crippen molar-refractivity contribution in [2.45, 2.75) is 44.8 Å². The van der Waals surface area contributed by atoms with Crippen LogP contribution in [0.2, 0.25) is 0 Å². The minimum Gasteiger partial charge on any atom is -0.384 e. The van der Waals surface area contributed by atoms with Gasteiger partial charge in [0.05, 0.1) is 13.2 Å². The van der Waals surface area contributed by atoms with E-state index in [1.165, 1.54) is 12.8 Å². The molecule has 1 atom stereocenters. The van der Waals surface area contributed by atoms with E-state index >= 15 is 0 Å². The lowest BCUT2D eigenvalue weighted by Gasteiger charge is -2.25. The molecule has 116 valence electrons. The van der Waals surface area contributed by atoms with Crippen molar-refractivity contribution in [1.29, 1.82) is 0 Å². The molecule has 2 amide bonds. The van der Waals surface area contributed by atoms with Crippen molar-refractivity contribution < 1.29 is 9.53 Å². The molecular formula is C15H24N4O2.